The van der Waals surface area contributed by atoms with Crippen molar-refractivity contribution in [2.45, 2.75) is 32.4 Å². The van der Waals surface area contributed by atoms with Gasteiger partial charge in [0.2, 0.25) is 0 Å². The van der Waals surface area contributed by atoms with Crippen LogP contribution >= 0.6 is 0 Å². The molecular formula is C17H23NO6. The average Bonchev–Trinajstić information content (AvgIpc) is 2.52. The highest BCUT2D eigenvalue weighted by Gasteiger charge is 2.35. The molecule has 1 atom stereocenters. The van der Waals surface area contributed by atoms with E-state index in [0.29, 0.717) is 5.56 Å². The zero-order chi connectivity index (χ0) is 18.3. The lowest BCUT2D eigenvalue weighted by molar-refractivity contribution is -0.158. The van der Waals surface area contributed by atoms with Gasteiger partial charge >= 0.3 is 18.0 Å². The first-order chi connectivity index (χ1) is 11.2. The van der Waals surface area contributed by atoms with E-state index in [9.17, 15) is 14.4 Å². The van der Waals surface area contributed by atoms with E-state index in [4.69, 9.17) is 14.2 Å². The van der Waals surface area contributed by atoms with Gasteiger partial charge in [0.25, 0.3) is 0 Å². The molecule has 24 heavy (non-hydrogen) atoms. The highest BCUT2D eigenvalue weighted by atomic mass is 16.6. The molecule has 0 radical (unpaired) electrons. The van der Waals surface area contributed by atoms with Crippen LogP contribution in [0.1, 0.15) is 32.4 Å². The van der Waals surface area contributed by atoms with Crippen LogP contribution in [0.25, 0.3) is 0 Å². The van der Waals surface area contributed by atoms with E-state index in [-0.39, 0.29) is 0 Å². The minimum Gasteiger partial charge on any atom is -0.467 e. The molecule has 1 aromatic carbocycles. The van der Waals surface area contributed by atoms with E-state index in [1.807, 2.05) is 0 Å². The Balaban J connectivity index is 3.16. The molecule has 0 saturated heterocycles. The second-order valence-electron chi connectivity index (χ2n) is 6.02. The second kappa shape index (κ2) is 8.33. The largest absolute Gasteiger partial charge is 0.467 e. The van der Waals surface area contributed by atoms with Crippen LogP contribution in [-0.2, 0) is 23.8 Å². The minimum atomic E-state index is -1.11. The van der Waals surface area contributed by atoms with E-state index < -0.39 is 36.2 Å². The van der Waals surface area contributed by atoms with E-state index in [1.54, 1.807) is 51.1 Å². The first-order valence-electron chi connectivity index (χ1n) is 7.38. The molecule has 1 unspecified atom stereocenters. The summed E-state index contributed by atoms with van der Waals surface area (Å²) in [5.74, 6) is -1.34. The first-order valence-corrected chi connectivity index (χ1v) is 7.38. The predicted octanol–water partition coefficient (Wildman–Crippen LogP) is 2.31. The van der Waals surface area contributed by atoms with Gasteiger partial charge in [-0.05, 0) is 26.3 Å². The fourth-order valence-electron chi connectivity index (χ4n) is 2.08. The van der Waals surface area contributed by atoms with Crippen LogP contribution in [0.15, 0.2) is 30.3 Å². The zero-order valence-corrected chi connectivity index (χ0v) is 14.6. The molecular weight excluding hydrogens is 314 g/mol. The predicted molar refractivity (Wildman–Crippen MR) is 86.2 cm³/mol. The third kappa shape index (κ3) is 5.57. The van der Waals surface area contributed by atoms with E-state index in [2.05, 4.69) is 0 Å². The van der Waals surface area contributed by atoms with Gasteiger partial charge < -0.3 is 14.2 Å². The molecule has 7 nitrogen and oxygen atoms in total. The number of ether oxygens (including phenoxy) is 3. The Morgan fingerprint density at radius 2 is 1.62 bits per heavy atom. The number of carbonyl (C=O) groups is 3. The summed E-state index contributed by atoms with van der Waals surface area (Å²) in [6, 6.07) is 7.41. The van der Waals surface area contributed by atoms with Gasteiger partial charge in [-0.25, -0.2) is 9.59 Å². The number of nitrogens with zero attached hydrogens (tertiary/aromatic N) is 1. The Hall–Kier alpha value is -2.57. The Labute approximate surface area is 141 Å². The molecule has 0 fully saturated rings. The summed E-state index contributed by atoms with van der Waals surface area (Å²) in [5.41, 5.74) is -0.217. The van der Waals surface area contributed by atoms with Crippen LogP contribution in [0.2, 0.25) is 0 Å². The number of methoxy groups -OCH3 is 2. The smallest absolute Gasteiger partial charge is 0.411 e. The summed E-state index contributed by atoms with van der Waals surface area (Å²) < 4.78 is 14.7. The molecule has 1 aromatic rings. The van der Waals surface area contributed by atoms with Crippen LogP contribution in [0.4, 0.5) is 4.79 Å². The van der Waals surface area contributed by atoms with E-state index in [1.165, 1.54) is 14.2 Å². The van der Waals surface area contributed by atoms with Crippen LogP contribution in [-0.4, -0.2) is 49.3 Å². The molecule has 0 aliphatic carbocycles. The van der Waals surface area contributed by atoms with Gasteiger partial charge in [-0.15, -0.1) is 0 Å². The van der Waals surface area contributed by atoms with Crippen molar-refractivity contribution in [1.29, 1.82) is 0 Å². The Morgan fingerprint density at radius 1 is 1.04 bits per heavy atom. The number of benzene rings is 1. The summed E-state index contributed by atoms with van der Waals surface area (Å²) in [6.45, 7) is 4.69. The molecule has 0 aliphatic heterocycles. The monoisotopic (exact) mass is 337 g/mol. The fourth-order valence-corrected chi connectivity index (χ4v) is 2.08. The summed E-state index contributed by atoms with van der Waals surface area (Å²) in [6.07, 6.45) is -0.833. The minimum absolute atomic E-state index is 0.446. The molecule has 132 valence electrons. The van der Waals surface area contributed by atoms with Gasteiger partial charge in [0.15, 0.2) is 6.04 Å². The fraction of sp³-hybridized carbons (Fsp3) is 0.471. The molecule has 0 aromatic heterocycles. The van der Waals surface area contributed by atoms with Crippen LogP contribution in [0.5, 0.6) is 0 Å². The van der Waals surface area contributed by atoms with E-state index >= 15 is 0 Å². The maximum Gasteiger partial charge on any atom is 0.411 e. The van der Waals surface area contributed by atoms with Gasteiger partial charge in [-0.2, -0.15) is 0 Å². The van der Waals surface area contributed by atoms with Gasteiger partial charge in [-0.3, -0.25) is 9.69 Å². The molecule has 0 saturated carbocycles. The summed E-state index contributed by atoms with van der Waals surface area (Å²) >= 11 is 0. The maximum atomic E-state index is 12.2. The van der Waals surface area contributed by atoms with Crippen molar-refractivity contribution < 1.29 is 28.6 Å². The lowest BCUT2D eigenvalue weighted by Crippen LogP contribution is -2.44. The van der Waals surface area contributed by atoms with Gasteiger partial charge in [0, 0.05) is 0 Å². The number of carbonyl (C=O) groups excluding carboxylic acids is 3. The Kier molecular flexibility index (Phi) is 6.76. The van der Waals surface area contributed by atoms with Gasteiger partial charge in [0.1, 0.15) is 12.1 Å². The molecule has 1 rings (SSSR count). The van der Waals surface area contributed by atoms with Crippen molar-refractivity contribution in [3.63, 3.8) is 0 Å². The van der Waals surface area contributed by atoms with Crippen LogP contribution in [0, 0.1) is 0 Å². The number of rotatable bonds is 5. The number of amides is 1. The summed E-state index contributed by atoms with van der Waals surface area (Å²) in [7, 11) is 2.38. The normalized spacial score (nSPS) is 12.0. The molecule has 0 aliphatic rings. The average molecular weight is 337 g/mol. The number of esters is 2. The van der Waals surface area contributed by atoms with Crippen molar-refractivity contribution >= 4 is 18.0 Å². The standard InChI is InChI=1S/C17H23NO6/c1-17(2,3)24-13(19)11-18(16(21)23-5)14(15(20)22-4)12-9-7-6-8-10-12/h6-10,14H,11H2,1-5H3. The lowest BCUT2D eigenvalue weighted by Gasteiger charge is -2.29. The highest BCUT2D eigenvalue weighted by molar-refractivity contribution is 5.86. The highest BCUT2D eigenvalue weighted by Crippen LogP contribution is 2.23. The number of hydrogen-bond acceptors (Lipinski definition) is 6. The van der Waals surface area contributed by atoms with Gasteiger partial charge in [0.05, 0.1) is 14.2 Å². The molecule has 0 heterocycles. The van der Waals surface area contributed by atoms with Gasteiger partial charge in [-0.1, -0.05) is 30.3 Å². The van der Waals surface area contributed by atoms with E-state index in [0.717, 1.165) is 4.90 Å². The van der Waals surface area contributed by atoms with Crippen molar-refractivity contribution in [3.8, 4) is 0 Å². The molecule has 0 bridgehead atoms. The topological polar surface area (TPSA) is 82.1 Å². The Bertz CT molecular complexity index is 578. The van der Waals surface area contributed by atoms with Crippen LogP contribution < -0.4 is 0 Å². The molecule has 1 amide bonds. The quantitative estimate of drug-likeness (QED) is 0.606. The second-order valence-corrected chi connectivity index (χ2v) is 6.02. The third-order valence-corrected chi connectivity index (χ3v) is 2.98. The number of hydrogen-bond donors (Lipinski definition) is 0. The summed E-state index contributed by atoms with van der Waals surface area (Å²) in [4.78, 5) is 37.4. The van der Waals surface area contributed by atoms with Crippen molar-refractivity contribution in [2.75, 3.05) is 20.8 Å². The van der Waals surface area contributed by atoms with Crippen molar-refractivity contribution in [1.82, 2.24) is 4.90 Å². The maximum absolute atomic E-state index is 12.2. The summed E-state index contributed by atoms with van der Waals surface area (Å²) in [5, 5.41) is 0. The molecule has 7 heteroatoms. The first kappa shape index (κ1) is 19.5. The van der Waals surface area contributed by atoms with Crippen molar-refractivity contribution in [2.24, 2.45) is 0 Å². The Morgan fingerprint density at radius 3 is 2.08 bits per heavy atom. The molecule has 0 spiro atoms. The lowest BCUT2D eigenvalue weighted by atomic mass is 10.1. The molecule has 0 N–H and O–H groups in total. The van der Waals surface area contributed by atoms with Crippen LogP contribution in [0.3, 0.4) is 0 Å². The zero-order valence-electron chi connectivity index (χ0n) is 14.6. The SMILES string of the molecule is COC(=O)C(c1ccccc1)N(CC(=O)OC(C)(C)C)C(=O)OC. The third-order valence-electron chi connectivity index (χ3n) is 2.98. The van der Waals surface area contributed by atoms with Crippen molar-refractivity contribution in [3.05, 3.63) is 35.9 Å².